The standard InChI is InChI=1S/C15H24N2O/c1-2-13-10-16-15(12-5-6-12)11-17(13)8-7-14-4-3-9-18-14/h3-4,9,12-13,15-16H,2,5-8,10-11H2,1H3. The van der Waals surface area contributed by atoms with Crippen LogP contribution >= 0.6 is 0 Å². The molecule has 0 amide bonds. The zero-order chi connectivity index (χ0) is 12.4. The van der Waals surface area contributed by atoms with Crippen LogP contribution in [0.4, 0.5) is 0 Å². The Bertz CT molecular complexity index is 359. The second-order valence-electron chi connectivity index (χ2n) is 5.74. The van der Waals surface area contributed by atoms with E-state index in [1.54, 1.807) is 6.26 Å². The van der Waals surface area contributed by atoms with Gasteiger partial charge in [-0.25, -0.2) is 0 Å². The Morgan fingerprint density at radius 2 is 2.33 bits per heavy atom. The van der Waals surface area contributed by atoms with Crippen LogP contribution in [0.3, 0.4) is 0 Å². The molecule has 1 aliphatic carbocycles. The quantitative estimate of drug-likeness (QED) is 0.866. The van der Waals surface area contributed by atoms with Crippen LogP contribution in [0, 0.1) is 5.92 Å². The van der Waals surface area contributed by atoms with Gasteiger partial charge in [0.05, 0.1) is 6.26 Å². The van der Waals surface area contributed by atoms with Gasteiger partial charge in [0.25, 0.3) is 0 Å². The third kappa shape index (κ3) is 2.78. The predicted octanol–water partition coefficient (Wildman–Crippen LogP) is 2.28. The molecule has 18 heavy (non-hydrogen) atoms. The van der Waals surface area contributed by atoms with Crippen molar-refractivity contribution in [1.82, 2.24) is 10.2 Å². The maximum Gasteiger partial charge on any atom is 0.105 e. The van der Waals surface area contributed by atoms with Gasteiger partial charge in [0.2, 0.25) is 0 Å². The normalized spacial score (nSPS) is 29.6. The van der Waals surface area contributed by atoms with Gasteiger partial charge in [0.15, 0.2) is 0 Å². The van der Waals surface area contributed by atoms with Crippen LogP contribution in [-0.4, -0.2) is 36.6 Å². The van der Waals surface area contributed by atoms with Crippen LogP contribution in [0.1, 0.15) is 31.9 Å². The van der Waals surface area contributed by atoms with E-state index >= 15 is 0 Å². The molecule has 0 aromatic carbocycles. The fourth-order valence-corrected chi connectivity index (χ4v) is 3.08. The Morgan fingerprint density at radius 3 is 3.00 bits per heavy atom. The van der Waals surface area contributed by atoms with Crippen LogP contribution in [0.25, 0.3) is 0 Å². The van der Waals surface area contributed by atoms with Crippen LogP contribution < -0.4 is 5.32 Å². The van der Waals surface area contributed by atoms with Gasteiger partial charge in [-0.3, -0.25) is 4.90 Å². The van der Waals surface area contributed by atoms with Crippen molar-refractivity contribution in [3.05, 3.63) is 24.2 Å². The average molecular weight is 248 g/mol. The van der Waals surface area contributed by atoms with Gasteiger partial charge >= 0.3 is 0 Å². The van der Waals surface area contributed by atoms with Gasteiger partial charge < -0.3 is 9.73 Å². The summed E-state index contributed by atoms with van der Waals surface area (Å²) >= 11 is 0. The molecule has 2 unspecified atom stereocenters. The van der Waals surface area contributed by atoms with Gasteiger partial charge in [0, 0.05) is 38.1 Å². The van der Waals surface area contributed by atoms with E-state index in [4.69, 9.17) is 4.42 Å². The smallest absolute Gasteiger partial charge is 0.105 e. The summed E-state index contributed by atoms with van der Waals surface area (Å²) in [6.45, 7) is 5.82. The van der Waals surface area contributed by atoms with Gasteiger partial charge in [0.1, 0.15) is 5.76 Å². The number of rotatable bonds is 5. The van der Waals surface area contributed by atoms with Crippen molar-refractivity contribution >= 4 is 0 Å². The molecular formula is C15H24N2O. The highest BCUT2D eigenvalue weighted by Gasteiger charge is 2.36. The maximum absolute atomic E-state index is 5.44. The number of piperazine rings is 1. The summed E-state index contributed by atoms with van der Waals surface area (Å²) in [6.07, 6.45) is 6.92. The first-order valence-corrected chi connectivity index (χ1v) is 7.36. The van der Waals surface area contributed by atoms with Gasteiger partial charge in [-0.2, -0.15) is 0 Å². The number of hydrogen-bond acceptors (Lipinski definition) is 3. The van der Waals surface area contributed by atoms with Crippen molar-refractivity contribution < 1.29 is 4.42 Å². The van der Waals surface area contributed by atoms with Gasteiger partial charge in [-0.15, -0.1) is 0 Å². The molecule has 3 heteroatoms. The van der Waals surface area contributed by atoms with Crippen molar-refractivity contribution in [2.45, 2.75) is 44.7 Å². The highest BCUT2D eigenvalue weighted by Crippen LogP contribution is 2.34. The molecule has 2 atom stereocenters. The number of nitrogens with zero attached hydrogens (tertiary/aromatic N) is 1. The monoisotopic (exact) mass is 248 g/mol. The van der Waals surface area contributed by atoms with Crippen molar-refractivity contribution in [1.29, 1.82) is 0 Å². The summed E-state index contributed by atoms with van der Waals surface area (Å²) in [5, 5.41) is 3.74. The lowest BCUT2D eigenvalue weighted by molar-refractivity contribution is 0.119. The van der Waals surface area contributed by atoms with Gasteiger partial charge in [-0.05, 0) is 37.3 Å². The first-order chi connectivity index (χ1) is 8.86. The molecule has 1 saturated heterocycles. The van der Waals surface area contributed by atoms with Crippen molar-refractivity contribution in [2.24, 2.45) is 5.92 Å². The van der Waals surface area contributed by atoms with Gasteiger partial charge in [-0.1, -0.05) is 6.92 Å². The van der Waals surface area contributed by atoms with Crippen LogP contribution in [0.5, 0.6) is 0 Å². The van der Waals surface area contributed by atoms with E-state index in [2.05, 4.69) is 23.2 Å². The lowest BCUT2D eigenvalue weighted by Gasteiger charge is -2.40. The Hall–Kier alpha value is -0.800. The molecule has 1 aliphatic heterocycles. The fourth-order valence-electron chi connectivity index (χ4n) is 3.08. The lowest BCUT2D eigenvalue weighted by Crippen LogP contribution is -2.57. The minimum Gasteiger partial charge on any atom is -0.469 e. The zero-order valence-electron chi connectivity index (χ0n) is 11.3. The lowest BCUT2D eigenvalue weighted by atomic mass is 10.0. The first-order valence-electron chi connectivity index (χ1n) is 7.36. The van der Waals surface area contributed by atoms with E-state index in [0.29, 0.717) is 6.04 Å². The highest BCUT2D eigenvalue weighted by atomic mass is 16.3. The Morgan fingerprint density at radius 1 is 1.44 bits per heavy atom. The molecule has 2 heterocycles. The molecule has 0 radical (unpaired) electrons. The third-order valence-corrected chi connectivity index (χ3v) is 4.45. The van der Waals surface area contributed by atoms with Crippen molar-refractivity contribution in [3.63, 3.8) is 0 Å². The molecule has 1 aromatic rings. The summed E-state index contributed by atoms with van der Waals surface area (Å²) in [5.41, 5.74) is 0. The van der Waals surface area contributed by atoms with E-state index in [1.165, 1.54) is 25.8 Å². The predicted molar refractivity (Wildman–Crippen MR) is 72.6 cm³/mol. The molecule has 3 nitrogen and oxygen atoms in total. The molecule has 1 aromatic heterocycles. The summed E-state index contributed by atoms with van der Waals surface area (Å²) in [4.78, 5) is 2.67. The molecule has 100 valence electrons. The molecule has 3 rings (SSSR count). The molecule has 2 aliphatic rings. The Labute approximate surface area is 110 Å². The molecule has 2 fully saturated rings. The third-order valence-electron chi connectivity index (χ3n) is 4.45. The van der Waals surface area contributed by atoms with E-state index < -0.39 is 0 Å². The number of hydrogen-bond donors (Lipinski definition) is 1. The summed E-state index contributed by atoms with van der Waals surface area (Å²) < 4.78 is 5.44. The topological polar surface area (TPSA) is 28.4 Å². The highest BCUT2D eigenvalue weighted by molar-refractivity contribution is 5.00. The summed E-state index contributed by atoms with van der Waals surface area (Å²) in [5.74, 6) is 2.07. The minimum atomic E-state index is 0.704. The Balaban J connectivity index is 1.55. The maximum atomic E-state index is 5.44. The minimum absolute atomic E-state index is 0.704. The molecule has 1 N–H and O–H groups in total. The second-order valence-corrected chi connectivity index (χ2v) is 5.74. The molecule has 0 bridgehead atoms. The largest absolute Gasteiger partial charge is 0.469 e. The van der Waals surface area contributed by atoms with Crippen LogP contribution in [-0.2, 0) is 6.42 Å². The molecule has 0 spiro atoms. The Kier molecular flexibility index (Phi) is 3.71. The average Bonchev–Trinajstić information content (AvgIpc) is 3.13. The number of furan rings is 1. The number of nitrogens with one attached hydrogen (secondary N) is 1. The van der Waals surface area contributed by atoms with Crippen molar-refractivity contribution in [3.8, 4) is 0 Å². The van der Waals surface area contributed by atoms with E-state index in [-0.39, 0.29) is 0 Å². The van der Waals surface area contributed by atoms with E-state index in [1.807, 2.05) is 6.07 Å². The van der Waals surface area contributed by atoms with E-state index in [0.717, 1.165) is 37.2 Å². The van der Waals surface area contributed by atoms with E-state index in [9.17, 15) is 0 Å². The van der Waals surface area contributed by atoms with Crippen LogP contribution in [0.2, 0.25) is 0 Å². The summed E-state index contributed by atoms with van der Waals surface area (Å²) in [7, 11) is 0. The molecule has 1 saturated carbocycles. The van der Waals surface area contributed by atoms with Crippen molar-refractivity contribution in [2.75, 3.05) is 19.6 Å². The summed E-state index contributed by atoms with van der Waals surface area (Å²) in [6, 6.07) is 5.51. The first kappa shape index (κ1) is 12.2. The van der Waals surface area contributed by atoms with Crippen LogP contribution in [0.15, 0.2) is 22.8 Å². The second kappa shape index (κ2) is 5.45. The molecular weight excluding hydrogens is 224 g/mol. The SMILES string of the molecule is CCC1CNC(C2CC2)CN1CCc1ccco1. The zero-order valence-corrected chi connectivity index (χ0v) is 11.3. The fraction of sp³-hybridized carbons (Fsp3) is 0.733.